The monoisotopic (exact) mass is 498 g/mol. The van der Waals surface area contributed by atoms with Crippen LogP contribution in [-0.2, 0) is 28.7 Å². The molecule has 11 heteroatoms. The summed E-state index contributed by atoms with van der Waals surface area (Å²) in [4.78, 5) is 57.0. The molecule has 0 unspecified atom stereocenters. The maximum Gasteiger partial charge on any atom is 0.328 e. The van der Waals surface area contributed by atoms with Crippen molar-refractivity contribution >= 4 is 29.8 Å². The van der Waals surface area contributed by atoms with Gasteiger partial charge in [-0.2, -0.15) is 0 Å². The molecule has 0 aromatic rings. The Morgan fingerprint density at radius 1 is 0.971 bits per heavy atom. The Labute approximate surface area is 205 Å². The zero-order chi connectivity index (χ0) is 26.4. The third kappa shape index (κ3) is 11.3. The summed E-state index contributed by atoms with van der Waals surface area (Å²) in [7, 11) is 0. The van der Waals surface area contributed by atoms with Crippen molar-refractivity contribution in [3.8, 4) is 0 Å². The van der Waals surface area contributed by atoms with Crippen molar-refractivity contribution in [3.05, 3.63) is 12.2 Å². The highest BCUT2D eigenvalue weighted by atomic mass is 16.5. The maximum absolute atomic E-state index is 12.7. The second kappa shape index (κ2) is 15.9. The standard InChI is InChI=1S/C20H34N2O5.C4H4O4/c1-3-27-20(26)16(12-11-15-8-5-4-6-9-15)21-14(2)18(23)22-13-7-10-17(22)19(24)25;5-3(6)1-2-4(7)8/h14-17,21H,3-13H2,1-2H3,(H,24,25);1-2H,(H,5,6)(H,7,8)/b;2-1-/t14-,16-,17-;/m0./s1. The second-order valence-corrected chi connectivity index (χ2v) is 8.81. The molecule has 2 fully saturated rings. The topological polar surface area (TPSA) is 171 Å². The minimum absolute atomic E-state index is 0.258. The Hall–Kier alpha value is -2.95. The zero-order valence-electron chi connectivity index (χ0n) is 20.5. The van der Waals surface area contributed by atoms with Gasteiger partial charge in [-0.3, -0.25) is 14.9 Å². The number of esters is 1. The Balaban J connectivity index is 0.000000658. The van der Waals surface area contributed by atoms with Gasteiger partial charge in [0.2, 0.25) is 5.91 Å². The summed E-state index contributed by atoms with van der Waals surface area (Å²) < 4.78 is 5.19. The summed E-state index contributed by atoms with van der Waals surface area (Å²) in [5.74, 6) is -3.43. The van der Waals surface area contributed by atoms with Gasteiger partial charge in [-0.05, 0) is 45.4 Å². The number of amides is 1. The van der Waals surface area contributed by atoms with Crippen LogP contribution in [0.1, 0.15) is 71.6 Å². The van der Waals surface area contributed by atoms with E-state index in [9.17, 15) is 29.1 Å². The van der Waals surface area contributed by atoms with Crippen LogP contribution in [-0.4, -0.2) is 81.3 Å². The smallest absolute Gasteiger partial charge is 0.328 e. The molecule has 1 saturated heterocycles. The highest BCUT2D eigenvalue weighted by molar-refractivity contribution is 5.89. The van der Waals surface area contributed by atoms with Crippen molar-refractivity contribution < 1.29 is 44.0 Å². The first-order valence-electron chi connectivity index (χ1n) is 12.2. The highest BCUT2D eigenvalue weighted by Gasteiger charge is 2.37. The summed E-state index contributed by atoms with van der Waals surface area (Å²) in [6, 6.07) is -1.91. The quantitative estimate of drug-likeness (QED) is 0.244. The molecule has 1 aliphatic carbocycles. The Kier molecular flexibility index (Phi) is 13.6. The SMILES string of the molecule is CCOC(=O)[C@H](CCC1CCCCC1)N[C@@H](C)C(=O)N1CCC[C@H]1C(=O)O.O=C(O)/C=C\C(=O)O. The van der Waals surface area contributed by atoms with Crippen LogP contribution in [0.15, 0.2) is 12.2 Å². The van der Waals surface area contributed by atoms with Gasteiger partial charge in [0.05, 0.1) is 12.6 Å². The van der Waals surface area contributed by atoms with Gasteiger partial charge in [0, 0.05) is 18.7 Å². The number of hydrogen-bond donors (Lipinski definition) is 4. The van der Waals surface area contributed by atoms with Crippen molar-refractivity contribution in [2.45, 2.75) is 89.8 Å². The lowest BCUT2D eigenvalue weighted by atomic mass is 9.85. The van der Waals surface area contributed by atoms with E-state index in [1.54, 1.807) is 13.8 Å². The summed E-state index contributed by atoms with van der Waals surface area (Å²) >= 11 is 0. The van der Waals surface area contributed by atoms with Gasteiger partial charge >= 0.3 is 23.9 Å². The van der Waals surface area contributed by atoms with Crippen molar-refractivity contribution in [2.24, 2.45) is 5.92 Å². The zero-order valence-corrected chi connectivity index (χ0v) is 20.5. The third-order valence-electron chi connectivity index (χ3n) is 6.17. The number of aliphatic carboxylic acids is 3. The van der Waals surface area contributed by atoms with Gasteiger partial charge < -0.3 is 25.0 Å². The average Bonchev–Trinajstić information content (AvgIpc) is 3.31. The lowest BCUT2D eigenvalue weighted by molar-refractivity contribution is -0.150. The summed E-state index contributed by atoms with van der Waals surface area (Å²) in [6.45, 7) is 4.22. The van der Waals surface area contributed by atoms with Gasteiger partial charge in [0.15, 0.2) is 0 Å². The molecule has 1 saturated carbocycles. The molecule has 1 amide bonds. The third-order valence-corrected chi connectivity index (χ3v) is 6.17. The van der Waals surface area contributed by atoms with E-state index in [1.807, 2.05) is 0 Å². The van der Waals surface area contributed by atoms with Crippen LogP contribution >= 0.6 is 0 Å². The molecule has 4 N–H and O–H groups in total. The first-order chi connectivity index (χ1) is 16.6. The molecule has 0 bridgehead atoms. The molecule has 3 atom stereocenters. The number of carbonyl (C=O) groups is 5. The molecule has 1 aliphatic heterocycles. The average molecular weight is 499 g/mol. The molecular formula is C24H38N2O9. The fourth-order valence-corrected chi connectivity index (χ4v) is 4.44. The first-order valence-corrected chi connectivity index (χ1v) is 12.2. The molecular weight excluding hydrogens is 460 g/mol. The van der Waals surface area contributed by atoms with E-state index in [2.05, 4.69) is 5.32 Å². The molecule has 2 rings (SSSR count). The van der Waals surface area contributed by atoms with E-state index in [0.29, 0.717) is 50.5 Å². The molecule has 198 valence electrons. The van der Waals surface area contributed by atoms with Crippen molar-refractivity contribution in [3.63, 3.8) is 0 Å². The number of ether oxygens (including phenoxy) is 1. The molecule has 1 heterocycles. The first kappa shape index (κ1) is 30.1. The summed E-state index contributed by atoms with van der Waals surface area (Å²) in [6.07, 6.45) is 10.1. The lowest BCUT2D eigenvalue weighted by Gasteiger charge is -2.29. The Morgan fingerprint density at radius 2 is 1.57 bits per heavy atom. The normalized spacial score (nSPS) is 19.9. The fourth-order valence-electron chi connectivity index (χ4n) is 4.44. The molecule has 0 aromatic heterocycles. The van der Waals surface area contributed by atoms with E-state index in [0.717, 1.165) is 6.42 Å². The van der Waals surface area contributed by atoms with E-state index in [1.165, 1.54) is 37.0 Å². The van der Waals surface area contributed by atoms with Crippen LogP contribution in [0.4, 0.5) is 0 Å². The van der Waals surface area contributed by atoms with Crippen LogP contribution in [0.5, 0.6) is 0 Å². The minimum atomic E-state index is -1.26. The van der Waals surface area contributed by atoms with Gasteiger partial charge in [-0.25, -0.2) is 14.4 Å². The predicted molar refractivity (Wildman–Crippen MR) is 126 cm³/mol. The van der Waals surface area contributed by atoms with E-state index in [-0.39, 0.29) is 11.9 Å². The lowest BCUT2D eigenvalue weighted by Crippen LogP contribution is -2.53. The van der Waals surface area contributed by atoms with E-state index < -0.39 is 36.0 Å². The van der Waals surface area contributed by atoms with Crippen LogP contribution in [0, 0.1) is 5.92 Å². The van der Waals surface area contributed by atoms with E-state index >= 15 is 0 Å². The predicted octanol–water partition coefficient (Wildman–Crippen LogP) is 2.04. The van der Waals surface area contributed by atoms with Gasteiger partial charge in [-0.15, -0.1) is 0 Å². The van der Waals surface area contributed by atoms with Gasteiger partial charge in [0.25, 0.3) is 0 Å². The Bertz CT molecular complexity index is 746. The van der Waals surface area contributed by atoms with Crippen LogP contribution in [0.25, 0.3) is 0 Å². The number of carboxylic acids is 3. The van der Waals surface area contributed by atoms with Gasteiger partial charge in [-0.1, -0.05) is 32.1 Å². The second-order valence-electron chi connectivity index (χ2n) is 8.81. The number of likely N-dealkylation sites (tertiary alicyclic amines) is 1. The summed E-state index contributed by atoms with van der Waals surface area (Å²) in [5.41, 5.74) is 0. The fraction of sp³-hybridized carbons (Fsp3) is 0.708. The number of carboxylic acid groups (broad SMARTS) is 3. The molecule has 0 spiro atoms. The van der Waals surface area contributed by atoms with Gasteiger partial charge in [0.1, 0.15) is 12.1 Å². The van der Waals surface area contributed by atoms with Crippen LogP contribution < -0.4 is 5.32 Å². The highest BCUT2D eigenvalue weighted by Crippen LogP contribution is 2.28. The van der Waals surface area contributed by atoms with Crippen LogP contribution in [0.2, 0.25) is 0 Å². The van der Waals surface area contributed by atoms with E-state index in [4.69, 9.17) is 14.9 Å². The molecule has 11 nitrogen and oxygen atoms in total. The maximum atomic E-state index is 12.7. The number of nitrogens with one attached hydrogen (secondary N) is 1. The largest absolute Gasteiger partial charge is 0.480 e. The number of rotatable bonds is 11. The Morgan fingerprint density at radius 3 is 2.09 bits per heavy atom. The number of hydrogen-bond acceptors (Lipinski definition) is 7. The minimum Gasteiger partial charge on any atom is -0.480 e. The number of carbonyl (C=O) groups excluding carboxylic acids is 2. The van der Waals surface area contributed by atoms with Crippen LogP contribution in [0.3, 0.4) is 0 Å². The molecule has 35 heavy (non-hydrogen) atoms. The van der Waals surface area contributed by atoms with Crippen molar-refractivity contribution in [2.75, 3.05) is 13.2 Å². The number of nitrogens with zero attached hydrogens (tertiary/aromatic N) is 1. The summed E-state index contributed by atoms with van der Waals surface area (Å²) in [5, 5.41) is 28.0. The van der Waals surface area contributed by atoms with Crippen molar-refractivity contribution in [1.29, 1.82) is 0 Å². The van der Waals surface area contributed by atoms with Crippen molar-refractivity contribution in [1.82, 2.24) is 10.2 Å². The molecule has 0 aromatic carbocycles. The molecule has 2 aliphatic rings. The molecule has 0 radical (unpaired) electrons.